The topological polar surface area (TPSA) is 68.9 Å². The van der Waals surface area contributed by atoms with Gasteiger partial charge in [-0.05, 0) is 29.2 Å². The molecule has 0 amide bonds. The number of hydrogen-bond acceptors (Lipinski definition) is 5. The quantitative estimate of drug-likeness (QED) is 0.493. The van der Waals surface area contributed by atoms with Crippen LogP contribution in [-0.2, 0) is 5.41 Å². The molecule has 0 saturated heterocycles. The Morgan fingerprint density at radius 2 is 1.83 bits per heavy atom. The largest absolute Gasteiger partial charge is 0.269 e. The Morgan fingerprint density at radius 1 is 1.12 bits per heavy atom. The van der Waals surface area contributed by atoms with Gasteiger partial charge in [-0.15, -0.1) is 11.3 Å². The zero-order valence-corrected chi connectivity index (χ0v) is 14.5. The van der Waals surface area contributed by atoms with Crippen LogP contribution in [-0.4, -0.2) is 14.9 Å². The van der Waals surface area contributed by atoms with Gasteiger partial charge in [-0.2, -0.15) is 0 Å². The summed E-state index contributed by atoms with van der Waals surface area (Å²) in [4.78, 5) is 19.3. The minimum Gasteiger partial charge on any atom is -0.264 e. The van der Waals surface area contributed by atoms with Crippen LogP contribution in [0.1, 0.15) is 26.3 Å². The summed E-state index contributed by atoms with van der Waals surface area (Å²) in [5.41, 5.74) is 3.98. The summed E-state index contributed by atoms with van der Waals surface area (Å²) >= 11 is 1.55. The smallest absolute Gasteiger partial charge is 0.264 e. The van der Waals surface area contributed by atoms with Crippen LogP contribution < -0.4 is 0 Å². The zero-order valence-electron chi connectivity index (χ0n) is 13.7. The number of non-ortho nitro benzene ring substituents is 1. The summed E-state index contributed by atoms with van der Waals surface area (Å²) in [6.07, 6.45) is 3.65. The van der Waals surface area contributed by atoms with Gasteiger partial charge in [0.05, 0.1) is 10.6 Å². The number of nitro benzene ring substituents is 1. The van der Waals surface area contributed by atoms with E-state index in [-0.39, 0.29) is 11.1 Å². The SMILES string of the molecule is CC(C)(C)c1ccncc1-c1nc(-c2ccc([N+](=O)[O-])cc2)cs1. The second-order valence-electron chi connectivity index (χ2n) is 6.51. The third-order valence-electron chi connectivity index (χ3n) is 3.74. The van der Waals surface area contributed by atoms with Gasteiger partial charge in [-0.3, -0.25) is 15.1 Å². The fourth-order valence-corrected chi connectivity index (χ4v) is 3.36. The molecule has 6 heteroatoms. The molecule has 0 atom stereocenters. The fraction of sp³-hybridized carbons (Fsp3) is 0.222. The van der Waals surface area contributed by atoms with Crippen LogP contribution in [0.2, 0.25) is 0 Å². The van der Waals surface area contributed by atoms with Crippen molar-refractivity contribution in [3.05, 3.63) is 63.8 Å². The number of benzene rings is 1. The minimum absolute atomic E-state index is 0.00251. The van der Waals surface area contributed by atoms with Gasteiger partial charge in [0, 0.05) is 41.0 Å². The maximum absolute atomic E-state index is 10.8. The van der Waals surface area contributed by atoms with Gasteiger partial charge in [0.25, 0.3) is 5.69 Å². The summed E-state index contributed by atoms with van der Waals surface area (Å²) in [6.45, 7) is 6.49. The van der Waals surface area contributed by atoms with Crippen molar-refractivity contribution in [2.24, 2.45) is 0 Å². The number of nitro groups is 1. The van der Waals surface area contributed by atoms with E-state index in [0.717, 1.165) is 21.8 Å². The van der Waals surface area contributed by atoms with E-state index in [1.807, 2.05) is 17.6 Å². The summed E-state index contributed by atoms with van der Waals surface area (Å²) in [5.74, 6) is 0. The molecular formula is C18H17N3O2S. The molecule has 0 saturated carbocycles. The van der Waals surface area contributed by atoms with E-state index in [0.29, 0.717) is 0 Å². The molecule has 1 aromatic carbocycles. The molecule has 0 unspecified atom stereocenters. The maximum atomic E-state index is 10.8. The molecule has 3 rings (SSSR count). The van der Waals surface area contributed by atoms with Crippen molar-refractivity contribution in [3.8, 4) is 21.8 Å². The van der Waals surface area contributed by atoms with Crippen molar-refractivity contribution >= 4 is 17.0 Å². The Kier molecular flexibility index (Phi) is 4.15. The summed E-state index contributed by atoms with van der Waals surface area (Å²) in [5, 5.41) is 13.6. The predicted molar refractivity (Wildman–Crippen MR) is 96.1 cm³/mol. The molecule has 0 aliphatic carbocycles. The number of rotatable bonds is 3. The van der Waals surface area contributed by atoms with E-state index in [2.05, 4.69) is 25.8 Å². The van der Waals surface area contributed by atoms with Crippen molar-refractivity contribution in [2.75, 3.05) is 0 Å². The number of pyridine rings is 1. The fourth-order valence-electron chi connectivity index (χ4n) is 2.50. The molecule has 0 aliphatic rings. The van der Waals surface area contributed by atoms with E-state index >= 15 is 0 Å². The first-order valence-electron chi connectivity index (χ1n) is 7.51. The predicted octanol–water partition coefficient (Wildman–Crippen LogP) is 5.08. The molecule has 122 valence electrons. The van der Waals surface area contributed by atoms with Crippen LogP contribution in [0.3, 0.4) is 0 Å². The van der Waals surface area contributed by atoms with Gasteiger partial charge in [0.1, 0.15) is 5.01 Å². The summed E-state index contributed by atoms with van der Waals surface area (Å²) < 4.78 is 0. The first-order chi connectivity index (χ1) is 11.4. The standard InChI is InChI=1S/C18H17N3O2S/c1-18(2,3)15-8-9-19-10-14(15)17-20-16(11-24-17)12-4-6-13(7-5-12)21(22)23/h4-11H,1-3H3. The normalized spacial score (nSPS) is 11.5. The molecule has 0 fully saturated rings. The average molecular weight is 339 g/mol. The molecule has 0 spiro atoms. The molecule has 2 aromatic heterocycles. The monoisotopic (exact) mass is 339 g/mol. The van der Waals surface area contributed by atoms with Crippen molar-refractivity contribution in [1.29, 1.82) is 0 Å². The summed E-state index contributed by atoms with van der Waals surface area (Å²) in [7, 11) is 0. The van der Waals surface area contributed by atoms with Crippen molar-refractivity contribution in [2.45, 2.75) is 26.2 Å². The van der Waals surface area contributed by atoms with Gasteiger partial charge < -0.3 is 0 Å². The van der Waals surface area contributed by atoms with E-state index in [9.17, 15) is 10.1 Å². The molecule has 3 aromatic rings. The summed E-state index contributed by atoms with van der Waals surface area (Å²) in [6, 6.07) is 8.48. The van der Waals surface area contributed by atoms with Gasteiger partial charge in [-0.1, -0.05) is 20.8 Å². The van der Waals surface area contributed by atoms with E-state index < -0.39 is 4.92 Å². The van der Waals surface area contributed by atoms with Crippen LogP contribution in [0, 0.1) is 10.1 Å². The molecule has 0 radical (unpaired) electrons. The van der Waals surface area contributed by atoms with Crippen molar-refractivity contribution < 1.29 is 4.92 Å². The Labute approximate surface area is 144 Å². The lowest BCUT2D eigenvalue weighted by Crippen LogP contribution is -2.12. The first kappa shape index (κ1) is 16.3. The Balaban J connectivity index is 1.99. The van der Waals surface area contributed by atoms with Crippen LogP contribution in [0.25, 0.3) is 21.8 Å². The van der Waals surface area contributed by atoms with E-state index in [4.69, 9.17) is 4.98 Å². The average Bonchev–Trinajstić information content (AvgIpc) is 3.04. The molecule has 0 aliphatic heterocycles. The second kappa shape index (κ2) is 6.13. The van der Waals surface area contributed by atoms with Gasteiger partial charge in [0.15, 0.2) is 0 Å². The van der Waals surface area contributed by atoms with Gasteiger partial charge in [-0.25, -0.2) is 4.98 Å². The maximum Gasteiger partial charge on any atom is 0.269 e. The molecule has 2 heterocycles. The van der Waals surface area contributed by atoms with Crippen LogP contribution in [0.5, 0.6) is 0 Å². The molecule has 0 N–H and O–H groups in total. The lowest BCUT2D eigenvalue weighted by Gasteiger charge is -2.21. The highest BCUT2D eigenvalue weighted by Crippen LogP contribution is 2.35. The van der Waals surface area contributed by atoms with Crippen LogP contribution >= 0.6 is 11.3 Å². The Morgan fingerprint density at radius 3 is 2.46 bits per heavy atom. The van der Waals surface area contributed by atoms with Crippen molar-refractivity contribution in [1.82, 2.24) is 9.97 Å². The second-order valence-corrected chi connectivity index (χ2v) is 7.37. The van der Waals surface area contributed by atoms with E-state index in [1.165, 1.54) is 17.7 Å². The molecule has 5 nitrogen and oxygen atoms in total. The number of hydrogen-bond donors (Lipinski definition) is 0. The highest BCUT2D eigenvalue weighted by molar-refractivity contribution is 7.13. The number of aromatic nitrogens is 2. The number of nitrogens with zero attached hydrogens (tertiary/aromatic N) is 3. The molecule has 0 bridgehead atoms. The van der Waals surface area contributed by atoms with Crippen LogP contribution in [0.15, 0.2) is 48.1 Å². The van der Waals surface area contributed by atoms with Gasteiger partial charge in [0.2, 0.25) is 0 Å². The highest BCUT2D eigenvalue weighted by atomic mass is 32.1. The zero-order chi connectivity index (χ0) is 17.3. The first-order valence-corrected chi connectivity index (χ1v) is 8.39. The number of thiazole rings is 1. The van der Waals surface area contributed by atoms with Crippen LogP contribution in [0.4, 0.5) is 5.69 Å². The third kappa shape index (κ3) is 3.19. The Bertz CT molecular complexity index is 880. The van der Waals surface area contributed by atoms with Crippen molar-refractivity contribution in [3.63, 3.8) is 0 Å². The molecular weight excluding hydrogens is 322 g/mol. The van der Waals surface area contributed by atoms with E-state index in [1.54, 1.807) is 29.7 Å². The molecule has 24 heavy (non-hydrogen) atoms. The lowest BCUT2D eigenvalue weighted by atomic mass is 9.85. The Hall–Kier alpha value is -2.60. The highest BCUT2D eigenvalue weighted by Gasteiger charge is 2.20. The third-order valence-corrected chi connectivity index (χ3v) is 4.61. The minimum atomic E-state index is -0.401. The lowest BCUT2D eigenvalue weighted by molar-refractivity contribution is -0.384. The van der Waals surface area contributed by atoms with Gasteiger partial charge >= 0.3 is 0 Å².